The van der Waals surface area contributed by atoms with Crippen LogP contribution < -0.4 is 0 Å². The fraction of sp³-hybridized carbons (Fsp3) is 0.448. The van der Waals surface area contributed by atoms with Crippen molar-refractivity contribution in [1.29, 1.82) is 0 Å². The summed E-state index contributed by atoms with van der Waals surface area (Å²) in [6, 6.07) is 19.1. The van der Waals surface area contributed by atoms with Gasteiger partial charge in [0.1, 0.15) is 6.61 Å². The normalized spacial score (nSPS) is 18.0. The SMILES string of the molecule is Cc1ccc(-c2c(-c3ccccc3)c(CCCO)nn2CC2CCC(COCC(=O)O)CC2)cc1. The van der Waals surface area contributed by atoms with Crippen molar-refractivity contribution in [2.75, 3.05) is 19.8 Å². The summed E-state index contributed by atoms with van der Waals surface area (Å²) in [4.78, 5) is 10.7. The van der Waals surface area contributed by atoms with Crippen LogP contribution in [0.1, 0.15) is 43.4 Å². The summed E-state index contributed by atoms with van der Waals surface area (Å²) >= 11 is 0. The first-order valence-corrected chi connectivity index (χ1v) is 12.7. The maximum Gasteiger partial charge on any atom is 0.329 e. The Labute approximate surface area is 207 Å². The second kappa shape index (κ2) is 12.1. The number of aliphatic hydroxyl groups is 1. The Bertz CT molecular complexity index is 1080. The molecule has 35 heavy (non-hydrogen) atoms. The van der Waals surface area contributed by atoms with E-state index in [2.05, 4.69) is 60.1 Å². The summed E-state index contributed by atoms with van der Waals surface area (Å²) in [5.41, 5.74) is 6.89. The summed E-state index contributed by atoms with van der Waals surface area (Å²) < 4.78 is 7.54. The molecule has 3 aromatic rings. The molecule has 0 atom stereocenters. The topological polar surface area (TPSA) is 84.6 Å². The number of ether oxygens (including phenoxy) is 1. The smallest absolute Gasteiger partial charge is 0.329 e. The van der Waals surface area contributed by atoms with E-state index in [0.29, 0.717) is 24.9 Å². The van der Waals surface area contributed by atoms with Gasteiger partial charge >= 0.3 is 5.97 Å². The van der Waals surface area contributed by atoms with Crippen molar-refractivity contribution in [3.63, 3.8) is 0 Å². The van der Waals surface area contributed by atoms with Gasteiger partial charge in [-0.25, -0.2) is 4.79 Å². The van der Waals surface area contributed by atoms with Crippen LogP contribution in [-0.2, 0) is 22.5 Å². The Kier molecular flexibility index (Phi) is 8.72. The van der Waals surface area contributed by atoms with Crippen LogP contribution in [0.2, 0.25) is 0 Å². The van der Waals surface area contributed by atoms with E-state index in [1.54, 1.807) is 0 Å². The number of aliphatic carboxylic acids is 1. The minimum absolute atomic E-state index is 0.148. The molecule has 0 aliphatic heterocycles. The molecule has 1 aliphatic carbocycles. The van der Waals surface area contributed by atoms with Crippen LogP contribution in [0.25, 0.3) is 22.4 Å². The Morgan fingerprint density at radius 2 is 1.69 bits per heavy atom. The average molecular weight is 477 g/mol. The summed E-state index contributed by atoms with van der Waals surface area (Å²) in [5, 5.41) is 23.4. The molecule has 0 bridgehead atoms. The van der Waals surface area contributed by atoms with Crippen LogP contribution in [0.5, 0.6) is 0 Å². The fourth-order valence-corrected chi connectivity index (χ4v) is 5.12. The van der Waals surface area contributed by atoms with E-state index in [-0.39, 0.29) is 13.2 Å². The predicted octanol–water partition coefficient (Wildman–Crippen LogP) is 5.36. The van der Waals surface area contributed by atoms with E-state index in [9.17, 15) is 9.90 Å². The first-order valence-electron chi connectivity index (χ1n) is 12.7. The van der Waals surface area contributed by atoms with E-state index >= 15 is 0 Å². The second-order valence-corrected chi connectivity index (χ2v) is 9.71. The zero-order chi connectivity index (χ0) is 24.6. The number of aryl methyl sites for hydroxylation is 2. The first-order chi connectivity index (χ1) is 17.0. The van der Waals surface area contributed by atoms with Gasteiger partial charge in [0, 0.05) is 24.3 Å². The maximum atomic E-state index is 10.7. The van der Waals surface area contributed by atoms with Gasteiger partial charge in [0.2, 0.25) is 0 Å². The Morgan fingerprint density at radius 1 is 1.00 bits per heavy atom. The Morgan fingerprint density at radius 3 is 2.34 bits per heavy atom. The van der Waals surface area contributed by atoms with Gasteiger partial charge in [0.05, 0.1) is 18.0 Å². The quantitative estimate of drug-likeness (QED) is 0.389. The number of rotatable bonds is 11. The molecule has 1 aliphatic rings. The number of carbonyl (C=O) groups is 1. The Balaban J connectivity index is 1.61. The summed E-state index contributed by atoms with van der Waals surface area (Å²) in [7, 11) is 0. The van der Waals surface area contributed by atoms with Gasteiger partial charge in [-0.05, 0) is 62.8 Å². The summed E-state index contributed by atoms with van der Waals surface area (Å²) in [6.07, 6.45) is 5.69. The number of aliphatic hydroxyl groups excluding tert-OH is 1. The molecule has 6 nitrogen and oxygen atoms in total. The Hall–Kier alpha value is -2.96. The lowest BCUT2D eigenvalue weighted by Gasteiger charge is -2.28. The maximum absolute atomic E-state index is 10.7. The van der Waals surface area contributed by atoms with Gasteiger partial charge in [0.15, 0.2) is 0 Å². The zero-order valence-electron chi connectivity index (χ0n) is 20.5. The fourth-order valence-electron chi connectivity index (χ4n) is 5.12. The number of nitrogens with zero attached hydrogens (tertiary/aromatic N) is 2. The summed E-state index contributed by atoms with van der Waals surface area (Å²) in [5.74, 6) is 0.0381. The number of benzene rings is 2. The number of hydrogen-bond acceptors (Lipinski definition) is 4. The largest absolute Gasteiger partial charge is 0.480 e. The molecule has 1 saturated carbocycles. The van der Waals surface area contributed by atoms with Crippen molar-refractivity contribution >= 4 is 5.97 Å². The number of aromatic nitrogens is 2. The highest BCUT2D eigenvalue weighted by Crippen LogP contribution is 2.38. The summed E-state index contributed by atoms with van der Waals surface area (Å²) in [6.45, 7) is 3.41. The highest BCUT2D eigenvalue weighted by molar-refractivity contribution is 5.83. The van der Waals surface area contributed by atoms with E-state index in [4.69, 9.17) is 14.9 Å². The molecule has 2 aromatic carbocycles. The first kappa shape index (κ1) is 25.1. The molecule has 0 saturated heterocycles. The molecule has 186 valence electrons. The lowest BCUT2D eigenvalue weighted by molar-refractivity contribution is -0.142. The van der Waals surface area contributed by atoms with Gasteiger partial charge in [-0.1, -0.05) is 60.2 Å². The van der Waals surface area contributed by atoms with Crippen molar-refractivity contribution in [1.82, 2.24) is 9.78 Å². The third-order valence-electron chi connectivity index (χ3n) is 6.96. The highest BCUT2D eigenvalue weighted by Gasteiger charge is 2.26. The molecular formula is C29H36N2O4. The van der Waals surface area contributed by atoms with Crippen LogP contribution in [-0.4, -0.2) is 45.8 Å². The average Bonchev–Trinajstić information content (AvgIpc) is 3.22. The number of hydrogen-bond donors (Lipinski definition) is 2. The number of carboxylic acid groups (broad SMARTS) is 1. The monoisotopic (exact) mass is 476 g/mol. The van der Waals surface area contributed by atoms with Crippen molar-refractivity contribution in [3.8, 4) is 22.4 Å². The molecule has 1 fully saturated rings. The third-order valence-corrected chi connectivity index (χ3v) is 6.96. The van der Waals surface area contributed by atoms with Crippen molar-refractivity contribution in [2.24, 2.45) is 11.8 Å². The minimum atomic E-state index is -0.910. The van der Waals surface area contributed by atoms with Crippen molar-refractivity contribution < 1.29 is 19.7 Å². The lowest BCUT2D eigenvalue weighted by Crippen LogP contribution is -2.23. The standard InChI is InChI=1S/C29H36N2O4/c1-21-9-15-25(16-10-21)29-28(24-6-3-2-4-7-24)26(8-5-17-32)30-31(29)18-22-11-13-23(14-12-22)19-35-20-27(33)34/h2-4,6-7,9-10,15-16,22-23,32H,5,8,11-14,17-20H2,1H3,(H,33,34). The molecule has 1 heterocycles. The number of carboxylic acids is 1. The van der Waals surface area contributed by atoms with Crippen LogP contribution >= 0.6 is 0 Å². The third kappa shape index (κ3) is 6.59. The van der Waals surface area contributed by atoms with Gasteiger partial charge in [-0.15, -0.1) is 0 Å². The highest BCUT2D eigenvalue weighted by atomic mass is 16.5. The molecule has 0 amide bonds. The zero-order valence-corrected chi connectivity index (χ0v) is 20.5. The van der Waals surface area contributed by atoms with Gasteiger partial charge < -0.3 is 14.9 Å². The molecular weight excluding hydrogens is 440 g/mol. The molecule has 0 unspecified atom stereocenters. The lowest BCUT2D eigenvalue weighted by atomic mass is 9.82. The van der Waals surface area contributed by atoms with Crippen LogP contribution in [0.15, 0.2) is 54.6 Å². The van der Waals surface area contributed by atoms with Crippen molar-refractivity contribution in [2.45, 2.75) is 52.0 Å². The molecule has 0 spiro atoms. The van der Waals surface area contributed by atoms with Gasteiger partial charge in [0.25, 0.3) is 0 Å². The van der Waals surface area contributed by atoms with E-state index < -0.39 is 5.97 Å². The predicted molar refractivity (Wildman–Crippen MR) is 137 cm³/mol. The van der Waals surface area contributed by atoms with Crippen LogP contribution in [0, 0.1) is 18.8 Å². The molecule has 4 rings (SSSR count). The molecule has 0 radical (unpaired) electrons. The van der Waals surface area contributed by atoms with Gasteiger partial charge in [-0.2, -0.15) is 5.10 Å². The molecule has 1 aromatic heterocycles. The molecule has 6 heteroatoms. The molecule has 2 N–H and O–H groups in total. The minimum Gasteiger partial charge on any atom is -0.480 e. The van der Waals surface area contributed by atoms with Gasteiger partial charge in [-0.3, -0.25) is 4.68 Å². The van der Waals surface area contributed by atoms with E-state index in [0.717, 1.165) is 61.2 Å². The van der Waals surface area contributed by atoms with Crippen molar-refractivity contribution in [3.05, 3.63) is 65.9 Å². The van der Waals surface area contributed by atoms with E-state index in [1.165, 1.54) is 11.1 Å². The van der Waals surface area contributed by atoms with Crippen LogP contribution in [0.3, 0.4) is 0 Å². The second-order valence-electron chi connectivity index (χ2n) is 9.71. The van der Waals surface area contributed by atoms with Crippen LogP contribution in [0.4, 0.5) is 0 Å². The van der Waals surface area contributed by atoms with E-state index in [1.807, 2.05) is 6.07 Å².